The highest BCUT2D eigenvalue weighted by atomic mass is 16.5. The Kier molecular flexibility index (Phi) is 3.72. The zero-order chi connectivity index (χ0) is 15.0. The van der Waals surface area contributed by atoms with Crippen molar-refractivity contribution < 1.29 is 9.53 Å². The van der Waals surface area contributed by atoms with Crippen LogP contribution in [-0.4, -0.2) is 42.1 Å². The van der Waals surface area contributed by atoms with E-state index in [0.717, 1.165) is 16.8 Å². The highest BCUT2D eigenvalue weighted by molar-refractivity contribution is 5.92. The first-order chi connectivity index (χ1) is 10.1. The van der Waals surface area contributed by atoms with Crippen LogP contribution in [0, 0.1) is 20.8 Å². The molecule has 1 saturated heterocycles. The van der Waals surface area contributed by atoms with Gasteiger partial charge < -0.3 is 14.6 Å². The van der Waals surface area contributed by atoms with Gasteiger partial charge in [0.25, 0.3) is 0 Å². The quantitative estimate of drug-likeness (QED) is 0.922. The molecule has 0 aliphatic carbocycles. The van der Waals surface area contributed by atoms with Gasteiger partial charge in [-0.15, -0.1) is 0 Å². The number of carbonyl (C=O) groups is 1. The van der Waals surface area contributed by atoms with E-state index in [9.17, 15) is 4.79 Å². The summed E-state index contributed by atoms with van der Waals surface area (Å²) in [6.45, 7) is 8.97. The molecule has 2 aromatic rings. The van der Waals surface area contributed by atoms with Crippen LogP contribution in [0.25, 0.3) is 10.9 Å². The second-order valence-electron chi connectivity index (χ2n) is 5.90. The van der Waals surface area contributed by atoms with E-state index in [1.54, 1.807) is 0 Å². The van der Waals surface area contributed by atoms with Crippen LogP contribution in [0.5, 0.6) is 0 Å². The number of fused-ring (bicyclic) bond motifs is 1. The molecule has 1 N–H and O–H groups in total. The van der Waals surface area contributed by atoms with Crippen LogP contribution in [-0.2, 0) is 16.0 Å². The number of nitrogens with one attached hydrogen (secondary N) is 1. The third-order valence-electron chi connectivity index (χ3n) is 4.26. The lowest BCUT2D eigenvalue weighted by atomic mass is 10.0. The van der Waals surface area contributed by atoms with Gasteiger partial charge in [-0.25, -0.2) is 0 Å². The van der Waals surface area contributed by atoms with E-state index < -0.39 is 0 Å². The summed E-state index contributed by atoms with van der Waals surface area (Å²) in [5, 5.41) is 1.19. The molecule has 4 heteroatoms. The van der Waals surface area contributed by atoms with Crippen molar-refractivity contribution in [1.82, 2.24) is 9.88 Å². The molecule has 3 rings (SSSR count). The van der Waals surface area contributed by atoms with Gasteiger partial charge >= 0.3 is 0 Å². The Balaban J connectivity index is 1.93. The number of aromatic nitrogens is 1. The molecule has 1 fully saturated rings. The monoisotopic (exact) mass is 286 g/mol. The summed E-state index contributed by atoms with van der Waals surface area (Å²) in [6.07, 6.45) is 0.467. The largest absolute Gasteiger partial charge is 0.378 e. The van der Waals surface area contributed by atoms with Crippen LogP contribution in [0.4, 0.5) is 0 Å². The lowest BCUT2D eigenvalue weighted by molar-refractivity contribution is -0.134. The van der Waals surface area contributed by atoms with E-state index in [-0.39, 0.29) is 5.91 Å². The van der Waals surface area contributed by atoms with Crippen molar-refractivity contribution in [1.29, 1.82) is 0 Å². The number of aryl methyl sites for hydroxylation is 3. The molecule has 0 atom stereocenters. The van der Waals surface area contributed by atoms with Crippen LogP contribution < -0.4 is 0 Å². The lowest BCUT2D eigenvalue weighted by Gasteiger charge is -2.27. The van der Waals surface area contributed by atoms with Crippen LogP contribution in [0.15, 0.2) is 12.1 Å². The predicted octanol–water partition coefficient (Wildman–Crippen LogP) is 2.49. The number of hydrogen-bond acceptors (Lipinski definition) is 2. The molecule has 0 spiro atoms. The molecule has 2 heterocycles. The van der Waals surface area contributed by atoms with Crippen molar-refractivity contribution in [2.75, 3.05) is 26.3 Å². The normalized spacial score (nSPS) is 15.7. The Morgan fingerprint density at radius 1 is 1.24 bits per heavy atom. The Bertz CT molecular complexity index is 682. The average Bonchev–Trinajstić information content (AvgIpc) is 2.77. The summed E-state index contributed by atoms with van der Waals surface area (Å²) >= 11 is 0. The second-order valence-corrected chi connectivity index (χ2v) is 5.90. The Morgan fingerprint density at radius 2 is 1.95 bits per heavy atom. The number of carbonyl (C=O) groups excluding carboxylic acids is 1. The highest BCUT2D eigenvalue weighted by Gasteiger charge is 2.20. The van der Waals surface area contributed by atoms with E-state index in [1.165, 1.54) is 16.5 Å². The Morgan fingerprint density at radius 3 is 2.67 bits per heavy atom. The van der Waals surface area contributed by atoms with Gasteiger partial charge in [-0.3, -0.25) is 4.79 Å². The minimum Gasteiger partial charge on any atom is -0.378 e. The van der Waals surface area contributed by atoms with E-state index in [2.05, 4.69) is 37.9 Å². The van der Waals surface area contributed by atoms with Gasteiger partial charge in [0.2, 0.25) is 5.91 Å². The summed E-state index contributed by atoms with van der Waals surface area (Å²) in [5.41, 5.74) is 5.86. The fraction of sp³-hybridized carbons (Fsp3) is 0.471. The van der Waals surface area contributed by atoms with Gasteiger partial charge in [0.1, 0.15) is 0 Å². The van der Waals surface area contributed by atoms with Crippen LogP contribution in [0.2, 0.25) is 0 Å². The number of morpholine rings is 1. The molecule has 0 radical (unpaired) electrons. The highest BCUT2D eigenvalue weighted by Crippen LogP contribution is 2.27. The van der Waals surface area contributed by atoms with Crippen molar-refractivity contribution in [3.8, 4) is 0 Å². The summed E-state index contributed by atoms with van der Waals surface area (Å²) in [6, 6.07) is 4.35. The molecule has 4 nitrogen and oxygen atoms in total. The standard InChI is InChI=1S/C17H22N2O2/c1-11-8-12(2)17-15(9-11)14(13(3)18-17)10-16(20)19-4-6-21-7-5-19/h8-9,18H,4-7,10H2,1-3H3. The van der Waals surface area contributed by atoms with E-state index in [0.29, 0.717) is 32.7 Å². The van der Waals surface area contributed by atoms with Gasteiger partial charge in [-0.05, 0) is 38.0 Å². The van der Waals surface area contributed by atoms with Gasteiger partial charge in [0.05, 0.1) is 19.6 Å². The molecule has 0 saturated carbocycles. The van der Waals surface area contributed by atoms with Gasteiger partial charge in [0, 0.05) is 29.7 Å². The van der Waals surface area contributed by atoms with Crippen molar-refractivity contribution in [2.45, 2.75) is 27.2 Å². The topological polar surface area (TPSA) is 45.3 Å². The average molecular weight is 286 g/mol. The molecule has 1 aromatic heterocycles. The zero-order valence-corrected chi connectivity index (χ0v) is 13.0. The van der Waals surface area contributed by atoms with Gasteiger partial charge in [-0.2, -0.15) is 0 Å². The molecule has 1 amide bonds. The van der Waals surface area contributed by atoms with E-state index in [1.807, 2.05) is 4.90 Å². The number of amides is 1. The van der Waals surface area contributed by atoms with Crippen molar-refractivity contribution in [2.24, 2.45) is 0 Å². The lowest BCUT2D eigenvalue weighted by Crippen LogP contribution is -2.41. The number of hydrogen-bond donors (Lipinski definition) is 1. The first-order valence-electron chi connectivity index (χ1n) is 7.50. The summed E-state index contributed by atoms with van der Waals surface area (Å²) in [5.74, 6) is 0.196. The fourth-order valence-corrected chi connectivity index (χ4v) is 3.14. The predicted molar refractivity (Wildman–Crippen MR) is 83.6 cm³/mol. The first kappa shape index (κ1) is 14.1. The SMILES string of the molecule is Cc1cc(C)c2[nH]c(C)c(CC(=O)N3CCOCC3)c2c1. The maximum atomic E-state index is 12.5. The summed E-state index contributed by atoms with van der Waals surface area (Å²) in [7, 11) is 0. The summed E-state index contributed by atoms with van der Waals surface area (Å²) < 4.78 is 5.31. The summed E-state index contributed by atoms with van der Waals surface area (Å²) in [4.78, 5) is 17.8. The number of aromatic amines is 1. The van der Waals surface area contributed by atoms with Crippen molar-refractivity contribution in [3.63, 3.8) is 0 Å². The third kappa shape index (κ3) is 2.68. The molecule has 1 aliphatic rings. The van der Waals surface area contributed by atoms with Crippen LogP contribution >= 0.6 is 0 Å². The van der Waals surface area contributed by atoms with Gasteiger partial charge in [-0.1, -0.05) is 11.6 Å². The number of ether oxygens (including phenoxy) is 1. The van der Waals surface area contributed by atoms with Crippen LogP contribution in [0.3, 0.4) is 0 Å². The van der Waals surface area contributed by atoms with E-state index >= 15 is 0 Å². The molecule has 1 aromatic carbocycles. The molecular formula is C17H22N2O2. The molecule has 0 unspecified atom stereocenters. The molecule has 21 heavy (non-hydrogen) atoms. The van der Waals surface area contributed by atoms with Crippen molar-refractivity contribution in [3.05, 3.63) is 34.5 Å². The molecule has 1 aliphatic heterocycles. The Hall–Kier alpha value is -1.81. The van der Waals surface area contributed by atoms with Crippen molar-refractivity contribution >= 4 is 16.8 Å². The number of nitrogens with zero attached hydrogens (tertiary/aromatic N) is 1. The smallest absolute Gasteiger partial charge is 0.227 e. The Labute approximate surface area is 125 Å². The van der Waals surface area contributed by atoms with Gasteiger partial charge in [0.15, 0.2) is 0 Å². The number of H-pyrrole nitrogens is 1. The molecule has 112 valence electrons. The maximum Gasteiger partial charge on any atom is 0.227 e. The fourth-order valence-electron chi connectivity index (χ4n) is 3.14. The number of benzene rings is 1. The molecular weight excluding hydrogens is 264 g/mol. The molecule has 0 bridgehead atoms. The number of rotatable bonds is 2. The van der Waals surface area contributed by atoms with Crippen LogP contribution in [0.1, 0.15) is 22.4 Å². The minimum atomic E-state index is 0.196. The second kappa shape index (κ2) is 5.53. The maximum absolute atomic E-state index is 12.5. The third-order valence-corrected chi connectivity index (χ3v) is 4.26. The van der Waals surface area contributed by atoms with E-state index in [4.69, 9.17) is 4.74 Å². The zero-order valence-electron chi connectivity index (χ0n) is 13.0. The first-order valence-corrected chi connectivity index (χ1v) is 7.50. The minimum absolute atomic E-state index is 0.196.